The number of halogens is 3. The van der Waals surface area contributed by atoms with E-state index < -0.39 is 23.8 Å². The number of alkyl halides is 2. The minimum Gasteiger partial charge on any atom is -0.432 e. The lowest BCUT2D eigenvalue weighted by Crippen LogP contribution is -2.39. The summed E-state index contributed by atoms with van der Waals surface area (Å²) in [5.41, 5.74) is 2.05. The molecule has 5 nitrogen and oxygen atoms in total. The van der Waals surface area contributed by atoms with Crippen molar-refractivity contribution in [3.05, 3.63) is 47.5 Å². The Labute approximate surface area is 162 Å². The van der Waals surface area contributed by atoms with Crippen LogP contribution >= 0.6 is 0 Å². The summed E-state index contributed by atoms with van der Waals surface area (Å²) in [7, 11) is 1.57. The molecule has 8 heteroatoms. The Morgan fingerprint density at radius 1 is 1.25 bits per heavy atom. The number of pyridine rings is 1. The Balaban J connectivity index is 2.31. The van der Waals surface area contributed by atoms with Gasteiger partial charge in [-0.25, -0.2) is 4.39 Å². The first-order valence-corrected chi connectivity index (χ1v) is 8.60. The van der Waals surface area contributed by atoms with Crippen molar-refractivity contribution in [1.29, 1.82) is 0 Å². The third kappa shape index (κ3) is 5.69. The molecule has 0 aliphatic rings. The molecule has 0 unspecified atom stereocenters. The fourth-order valence-corrected chi connectivity index (χ4v) is 2.67. The van der Waals surface area contributed by atoms with Crippen LogP contribution in [0.5, 0.6) is 5.75 Å². The van der Waals surface area contributed by atoms with Gasteiger partial charge < -0.3 is 14.4 Å². The number of benzene rings is 1. The summed E-state index contributed by atoms with van der Waals surface area (Å²) >= 11 is 0. The molecule has 0 radical (unpaired) electrons. The standard InChI is InChI=1S/C20H23F3N2O3/c1-13-16(10-25(12-26)11-20(2,3)27-4)7-15(9-24-13)14-5-6-17(21)18(8-14)28-19(22)23/h5-9,12,19H,10-11H2,1-4H3. The molecule has 0 fully saturated rings. The topological polar surface area (TPSA) is 51.7 Å². The minimum atomic E-state index is -3.12. The summed E-state index contributed by atoms with van der Waals surface area (Å²) in [5.74, 6) is -1.41. The SMILES string of the molecule is COC(C)(C)CN(C=O)Cc1cc(-c2ccc(F)c(OC(F)F)c2)cnc1C. The Morgan fingerprint density at radius 2 is 1.96 bits per heavy atom. The van der Waals surface area contributed by atoms with Gasteiger partial charge in [0.2, 0.25) is 6.41 Å². The fourth-order valence-electron chi connectivity index (χ4n) is 2.67. The number of carbonyl (C=O) groups is 1. The van der Waals surface area contributed by atoms with Crippen LogP contribution in [0.25, 0.3) is 11.1 Å². The van der Waals surface area contributed by atoms with E-state index in [2.05, 4.69) is 9.72 Å². The Hall–Kier alpha value is -2.61. The molecule has 0 aliphatic heterocycles. The maximum absolute atomic E-state index is 13.7. The molecule has 28 heavy (non-hydrogen) atoms. The summed E-state index contributed by atoms with van der Waals surface area (Å²) in [6.45, 7) is 3.09. The van der Waals surface area contributed by atoms with E-state index in [0.29, 0.717) is 24.2 Å². The zero-order chi connectivity index (χ0) is 20.9. The van der Waals surface area contributed by atoms with Crippen LogP contribution in [-0.4, -0.2) is 42.2 Å². The van der Waals surface area contributed by atoms with E-state index in [1.165, 1.54) is 12.1 Å². The van der Waals surface area contributed by atoms with Crippen molar-refractivity contribution < 1.29 is 27.4 Å². The number of rotatable bonds is 9. The number of hydrogen-bond donors (Lipinski definition) is 0. The average Bonchev–Trinajstić information content (AvgIpc) is 2.64. The van der Waals surface area contributed by atoms with Crippen LogP contribution in [0, 0.1) is 12.7 Å². The highest BCUT2D eigenvalue weighted by molar-refractivity contribution is 5.65. The summed E-state index contributed by atoms with van der Waals surface area (Å²) in [6.07, 6.45) is 2.29. The Kier molecular flexibility index (Phi) is 7.01. The van der Waals surface area contributed by atoms with Crippen LogP contribution < -0.4 is 4.74 Å². The molecule has 1 amide bonds. The van der Waals surface area contributed by atoms with E-state index in [0.717, 1.165) is 23.7 Å². The first-order valence-electron chi connectivity index (χ1n) is 8.60. The fraction of sp³-hybridized carbons (Fsp3) is 0.400. The van der Waals surface area contributed by atoms with Gasteiger partial charge in [-0.2, -0.15) is 8.78 Å². The quantitative estimate of drug-likeness (QED) is 0.597. The first-order chi connectivity index (χ1) is 13.1. The molecular weight excluding hydrogens is 373 g/mol. The molecule has 0 N–H and O–H groups in total. The number of methoxy groups -OCH3 is 1. The number of nitrogens with zero attached hydrogens (tertiary/aromatic N) is 2. The minimum absolute atomic E-state index is 0.296. The summed E-state index contributed by atoms with van der Waals surface area (Å²) in [6, 6.07) is 5.50. The third-order valence-electron chi connectivity index (χ3n) is 4.33. The van der Waals surface area contributed by atoms with Crippen LogP contribution in [0.2, 0.25) is 0 Å². The van der Waals surface area contributed by atoms with E-state index in [1.807, 2.05) is 13.8 Å². The zero-order valence-corrected chi connectivity index (χ0v) is 16.2. The van der Waals surface area contributed by atoms with E-state index in [9.17, 15) is 18.0 Å². The second kappa shape index (κ2) is 9.05. The zero-order valence-electron chi connectivity index (χ0n) is 16.2. The second-order valence-corrected chi connectivity index (χ2v) is 6.97. The molecule has 0 saturated heterocycles. The van der Waals surface area contributed by atoms with Crippen molar-refractivity contribution in [3.63, 3.8) is 0 Å². The van der Waals surface area contributed by atoms with Crippen molar-refractivity contribution in [3.8, 4) is 16.9 Å². The highest BCUT2D eigenvalue weighted by Crippen LogP contribution is 2.28. The number of carbonyl (C=O) groups excluding carboxylic acids is 1. The number of hydrogen-bond acceptors (Lipinski definition) is 4. The van der Waals surface area contributed by atoms with Gasteiger partial charge in [0, 0.05) is 37.7 Å². The lowest BCUT2D eigenvalue weighted by atomic mass is 10.0. The van der Waals surface area contributed by atoms with Gasteiger partial charge >= 0.3 is 6.61 Å². The molecule has 2 rings (SSSR count). The van der Waals surface area contributed by atoms with Gasteiger partial charge in [-0.1, -0.05) is 6.07 Å². The summed E-state index contributed by atoms with van der Waals surface area (Å²) < 4.78 is 48.1. The monoisotopic (exact) mass is 396 g/mol. The Bertz CT molecular complexity index is 828. The second-order valence-electron chi connectivity index (χ2n) is 6.97. The molecule has 1 aromatic heterocycles. The van der Waals surface area contributed by atoms with Gasteiger partial charge in [-0.05, 0) is 50.1 Å². The molecule has 0 bridgehead atoms. The van der Waals surface area contributed by atoms with E-state index >= 15 is 0 Å². The maximum Gasteiger partial charge on any atom is 0.387 e. The van der Waals surface area contributed by atoms with Crippen molar-refractivity contribution in [1.82, 2.24) is 9.88 Å². The molecule has 1 aromatic carbocycles. The van der Waals surface area contributed by atoms with E-state index in [-0.39, 0.29) is 0 Å². The highest BCUT2D eigenvalue weighted by atomic mass is 19.3. The van der Waals surface area contributed by atoms with Crippen molar-refractivity contribution in [2.45, 2.75) is 39.5 Å². The lowest BCUT2D eigenvalue weighted by molar-refractivity contribution is -0.122. The van der Waals surface area contributed by atoms with E-state index in [1.54, 1.807) is 31.2 Å². The van der Waals surface area contributed by atoms with Crippen LogP contribution in [0.15, 0.2) is 30.5 Å². The average molecular weight is 396 g/mol. The maximum atomic E-state index is 13.7. The molecule has 2 aromatic rings. The summed E-state index contributed by atoms with van der Waals surface area (Å²) in [5, 5.41) is 0. The largest absolute Gasteiger partial charge is 0.432 e. The molecule has 0 spiro atoms. The van der Waals surface area contributed by atoms with Gasteiger partial charge in [-0.15, -0.1) is 0 Å². The van der Waals surface area contributed by atoms with Crippen molar-refractivity contribution in [2.75, 3.05) is 13.7 Å². The van der Waals surface area contributed by atoms with Gasteiger partial charge in [0.15, 0.2) is 11.6 Å². The molecule has 0 atom stereocenters. The van der Waals surface area contributed by atoms with Gasteiger partial charge in [0.05, 0.1) is 5.60 Å². The first kappa shape index (κ1) is 21.7. The summed E-state index contributed by atoms with van der Waals surface area (Å²) in [4.78, 5) is 17.4. The molecule has 0 saturated carbocycles. The predicted octanol–water partition coefficient (Wildman–Crippen LogP) is 4.18. The molecule has 0 aliphatic carbocycles. The Morgan fingerprint density at radius 3 is 2.57 bits per heavy atom. The van der Waals surface area contributed by atoms with Crippen molar-refractivity contribution >= 4 is 6.41 Å². The molecule has 152 valence electrons. The van der Waals surface area contributed by atoms with Crippen LogP contribution in [-0.2, 0) is 16.1 Å². The van der Waals surface area contributed by atoms with E-state index in [4.69, 9.17) is 4.74 Å². The molecule has 1 heterocycles. The van der Waals surface area contributed by atoms with Gasteiger partial charge in [0.25, 0.3) is 0 Å². The normalized spacial score (nSPS) is 11.6. The number of ether oxygens (including phenoxy) is 2. The number of aryl methyl sites for hydroxylation is 1. The highest BCUT2D eigenvalue weighted by Gasteiger charge is 2.21. The smallest absolute Gasteiger partial charge is 0.387 e. The lowest BCUT2D eigenvalue weighted by Gasteiger charge is -2.29. The predicted molar refractivity (Wildman–Crippen MR) is 98.6 cm³/mol. The van der Waals surface area contributed by atoms with Crippen LogP contribution in [0.4, 0.5) is 13.2 Å². The van der Waals surface area contributed by atoms with Gasteiger partial charge in [-0.3, -0.25) is 9.78 Å². The van der Waals surface area contributed by atoms with Crippen LogP contribution in [0.1, 0.15) is 25.1 Å². The molecular formula is C20H23F3N2O3. The van der Waals surface area contributed by atoms with Crippen molar-refractivity contribution in [2.24, 2.45) is 0 Å². The third-order valence-corrected chi connectivity index (χ3v) is 4.33. The number of amides is 1. The van der Waals surface area contributed by atoms with Crippen LogP contribution in [0.3, 0.4) is 0 Å². The number of aromatic nitrogens is 1. The van der Waals surface area contributed by atoms with Gasteiger partial charge in [0.1, 0.15) is 0 Å².